The van der Waals surface area contributed by atoms with Crippen molar-refractivity contribution < 1.29 is 17.9 Å². The van der Waals surface area contributed by atoms with Crippen LogP contribution in [-0.2, 0) is 14.6 Å². The molecule has 1 aliphatic rings. The van der Waals surface area contributed by atoms with E-state index in [1.54, 1.807) is 12.1 Å². The molecule has 2 atom stereocenters. The fourth-order valence-corrected chi connectivity index (χ4v) is 4.09. The number of ether oxygens (including phenoxy) is 1. The zero-order valence-corrected chi connectivity index (χ0v) is 15.1. The maximum Gasteiger partial charge on any atom is 0.253 e. The Hall–Kier alpha value is -1.44. The molecule has 24 heavy (non-hydrogen) atoms. The Morgan fingerprint density at radius 2 is 2.04 bits per heavy atom. The maximum absolute atomic E-state index is 12.6. The van der Waals surface area contributed by atoms with Crippen LogP contribution in [0.15, 0.2) is 29.2 Å². The van der Waals surface area contributed by atoms with Gasteiger partial charge in [0.05, 0.1) is 17.3 Å². The van der Waals surface area contributed by atoms with Crippen LogP contribution >= 0.6 is 0 Å². The minimum absolute atomic E-state index is 0.0638. The average Bonchev–Trinajstić information content (AvgIpc) is 2.59. The highest BCUT2D eigenvalue weighted by atomic mass is 32.2. The molecule has 0 bridgehead atoms. The van der Waals surface area contributed by atoms with Crippen LogP contribution in [0.1, 0.15) is 30.1 Å². The topological polar surface area (TPSA) is 89.7 Å². The summed E-state index contributed by atoms with van der Waals surface area (Å²) in [6.07, 6.45) is 1.99. The molecule has 1 aromatic carbocycles. The zero-order chi connectivity index (χ0) is 17.7. The number of hydrogen-bond donors (Lipinski definition) is 1. The highest BCUT2D eigenvalue weighted by Crippen LogP contribution is 2.21. The predicted molar refractivity (Wildman–Crippen MR) is 92.6 cm³/mol. The number of hydrogen-bond acceptors (Lipinski definition) is 5. The number of rotatable bonds is 6. The lowest BCUT2D eigenvalue weighted by molar-refractivity contribution is 0.0661. The van der Waals surface area contributed by atoms with E-state index in [1.165, 1.54) is 19.2 Å². The summed E-state index contributed by atoms with van der Waals surface area (Å²) >= 11 is 0. The normalized spacial score (nSPS) is 20.0. The molecule has 0 aliphatic carbocycles. The molecule has 7 heteroatoms. The van der Waals surface area contributed by atoms with Crippen molar-refractivity contribution in [3.05, 3.63) is 29.8 Å². The smallest absolute Gasteiger partial charge is 0.253 e. The second-order valence-corrected chi connectivity index (χ2v) is 8.46. The van der Waals surface area contributed by atoms with Crippen molar-refractivity contribution in [2.75, 3.05) is 32.6 Å². The van der Waals surface area contributed by atoms with Gasteiger partial charge in [0.15, 0.2) is 9.84 Å². The molecular formula is C17H26N2O4S. The minimum atomic E-state index is -3.38. The van der Waals surface area contributed by atoms with Gasteiger partial charge in [0.2, 0.25) is 0 Å². The Morgan fingerprint density at radius 3 is 2.62 bits per heavy atom. The molecule has 1 saturated heterocycles. The summed E-state index contributed by atoms with van der Waals surface area (Å²) in [6, 6.07) is 6.21. The third-order valence-corrected chi connectivity index (χ3v) is 6.20. The van der Waals surface area contributed by atoms with Gasteiger partial charge in [0.1, 0.15) is 0 Å². The number of sulfone groups is 1. The lowest BCUT2D eigenvalue weighted by Crippen LogP contribution is -2.45. The second-order valence-electron chi connectivity index (χ2n) is 6.35. The molecule has 1 fully saturated rings. The van der Waals surface area contributed by atoms with E-state index in [4.69, 9.17) is 10.5 Å². The summed E-state index contributed by atoms with van der Waals surface area (Å²) in [6.45, 7) is 3.49. The van der Waals surface area contributed by atoms with E-state index in [2.05, 4.69) is 0 Å². The van der Waals surface area contributed by atoms with Crippen LogP contribution in [0.5, 0.6) is 0 Å². The largest absolute Gasteiger partial charge is 0.384 e. The van der Waals surface area contributed by atoms with E-state index in [-0.39, 0.29) is 29.2 Å². The SMILES string of the molecule is COCCS(=O)(=O)c1ccc(C(=O)N2CCCC(C(C)N)C2)cc1. The van der Waals surface area contributed by atoms with E-state index >= 15 is 0 Å². The first-order valence-corrected chi connectivity index (χ1v) is 9.87. The molecule has 2 N–H and O–H groups in total. The van der Waals surface area contributed by atoms with E-state index < -0.39 is 9.84 Å². The Morgan fingerprint density at radius 1 is 1.38 bits per heavy atom. The fraction of sp³-hybridized carbons (Fsp3) is 0.588. The number of nitrogens with zero attached hydrogens (tertiary/aromatic N) is 1. The molecule has 1 amide bonds. The zero-order valence-electron chi connectivity index (χ0n) is 14.3. The molecule has 0 aromatic heterocycles. The highest BCUT2D eigenvalue weighted by Gasteiger charge is 2.26. The maximum atomic E-state index is 12.6. The van der Waals surface area contributed by atoms with Gasteiger partial charge in [0.25, 0.3) is 5.91 Å². The van der Waals surface area contributed by atoms with Crippen LogP contribution in [0.2, 0.25) is 0 Å². The lowest BCUT2D eigenvalue weighted by atomic mass is 9.92. The summed E-state index contributed by atoms with van der Waals surface area (Å²) in [5.74, 6) is 0.177. The van der Waals surface area contributed by atoms with Crippen LogP contribution in [0.25, 0.3) is 0 Å². The summed E-state index contributed by atoms with van der Waals surface area (Å²) in [5.41, 5.74) is 6.47. The quantitative estimate of drug-likeness (QED) is 0.832. The summed E-state index contributed by atoms with van der Waals surface area (Å²) in [5, 5.41) is 0. The Kier molecular flexibility index (Phi) is 6.37. The van der Waals surface area contributed by atoms with E-state index in [9.17, 15) is 13.2 Å². The first kappa shape index (κ1) is 18.9. The van der Waals surface area contributed by atoms with E-state index in [0.29, 0.717) is 18.0 Å². The summed E-state index contributed by atoms with van der Waals surface area (Å²) in [4.78, 5) is 14.6. The Bertz CT molecular complexity index is 656. The molecule has 0 saturated carbocycles. The molecule has 0 spiro atoms. The number of piperidine rings is 1. The first-order valence-electron chi connectivity index (χ1n) is 8.22. The monoisotopic (exact) mass is 354 g/mol. The standard InChI is InChI=1S/C17H26N2O4S/c1-13(18)15-4-3-9-19(12-15)17(20)14-5-7-16(8-6-14)24(21,22)11-10-23-2/h5-8,13,15H,3-4,9-12,18H2,1-2H3. The van der Waals surface area contributed by atoms with Crippen LogP contribution in [0.3, 0.4) is 0 Å². The van der Waals surface area contributed by atoms with Crippen molar-refractivity contribution >= 4 is 15.7 Å². The molecule has 0 radical (unpaired) electrons. The molecule has 1 heterocycles. The van der Waals surface area contributed by atoms with Gasteiger partial charge in [-0.25, -0.2) is 8.42 Å². The van der Waals surface area contributed by atoms with Gasteiger partial charge in [-0.3, -0.25) is 4.79 Å². The average molecular weight is 354 g/mol. The lowest BCUT2D eigenvalue weighted by Gasteiger charge is -2.34. The number of amides is 1. The number of methoxy groups -OCH3 is 1. The van der Waals surface area contributed by atoms with Gasteiger partial charge < -0.3 is 15.4 Å². The Labute approximate surface area is 143 Å². The molecule has 1 aliphatic heterocycles. The van der Waals surface area contributed by atoms with Crippen molar-refractivity contribution in [2.24, 2.45) is 11.7 Å². The number of likely N-dealkylation sites (tertiary alicyclic amines) is 1. The van der Waals surface area contributed by atoms with Crippen molar-refractivity contribution in [2.45, 2.75) is 30.7 Å². The number of carbonyl (C=O) groups is 1. The first-order chi connectivity index (χ1) is 11.3. The van der Waals surface area contributed by atoms with Crippen molar-refractivity contribution in [1.29, 1.82) is 0 Å². The second kappa shape index (κ2) is 8.09. The van der Waals surface area contributed by atoms with Gasteiger partial charge in [-0.15, -0.1) is 0 Å². The van der Waals surface area contributed by atoms with E-state index in [1.807, 2.05) is 11.8 Å². The third-order valence-electron chi connectivity index (χ3n) is 4.51. The van der Waals surface area contributed by atoms with Crippen LogP contribution < -0.4 is 5.73 Å². The number of nitrogens with two attached hydrogens (primary N) is 1. The number of benzene rings is 1. The van der Waals surface area contributed by atoms with Gasteiger partial charge in [-0.1, -0.05) is 0 Å². The van der Waals surface area contributed by atoms with Gasteiger partial charge in [0, 0.05) is 31.8 Å². The predicted octanol–water partition coefficient (Wildman–Crippen LogP) is 1.31. The molecule has 1 aromatic rings. The highest BCUT2D eigenvalue weighted by molar-refractivity contribution is 7.91. The van der Waals surface area contributed by atoms with Crippen LogP contribution in [0.4, 0.5) is 0 Å². The Balaban J connectivity index is 2.08. The summed E-state index contributed by atoms with van der Waals surface area (Å²) < 4.78 is 29.0. The van der Waals surface area contributed by atoms with Gasteiger partial charge >= 0.3 is 0 Å². The van der Waals surface area contributed by atoms with Crippen molar-refractivity contribution in [3.8, 4) is 0 Å². The third kappa shape index (κ3) is 4.55. The molecule has 2 unspecified atom stereocenters. The molecule has 2 rings (SSSR count). The van der Waals surface area contributed by atoms with Gasteiger partial charge in [-0.05, 0) is 49.9 Å². The molecular weight excluding hydrogens is 328 g/mol. The van der Waals surface area contributed by atoms with Crippen LogP contribution in [-0.4, -0.2) is 57.8 Å². The van der Waals surface area contributed by atoms with Crippen LogP contribution in [0, 0.1) is 5.92 Å². The van der Waals surface area contributed by atoms with Gasteiger partial charge in [-0.2, -0.15) is 0 Å². The molecule has 6 nitrogen and oxygen atoms in total. The fourth-order valence-electron chi connectivity index (χ4n) is 2.92. The minimum Gasteiger partial charge on any atom is -0.384 e. The summed E-state index contributed by atoms with van der Waals surface area (Å²) in [7, 11) is -1.91. The number of carbonyl (C=O) groups excluding carboxylic acids is 1. The van der Waals surface area contributed by atoms with Crippen molar-refractivity contribution in [1.82, 2.24) is 4.90 Å². The molecule has 134 valence electrons. The van der Waals surface area contributed by atoms with Crippen molar-refractivity contribution in [3.63, 3.8) is 0 Å². The van der Waals surface area contributed by atoms with E-state index in [0.717, 1.165) is 19.4 Å².